The number of pyridine rings is 2. The number of aromatic nitrogens is 2. The van der Waals surface area contributed by atoms with Gasteiger partial charge in [0, 0.05) is 60.9 Å². The number of carbonyl (C=O) groups is 1. The molecule has 1 saturated heterocycles. The third kappa shape index (κ3) is 4.67. The maximum absolute atomic E-state index is 13.0. The molecule has 4 N–H and O–H groups in total. The molecule has 5 heterocycles. The van der Waals surface area contributed by atoms with Gasteiger partial charge in [-0.15, -0.1) is 0 Å². The molecule has 3 aromatic heterocycles. The number of H-pyrrole nitrogens is 1. The van der Waals surface area contributed by atoms with E-state index in [1.807, 2.05) is 22.8 Å². The lowest BCUT2D eigenvalue weighted by Gasteiger charge is -2.42. The molecule has 1 aromatic carbocycles. The molecule has 0 saturated carbocycles. The number of benzene rings is 1. The smallest absolute Gasteiger partial charge is 0.252 e. The van der Waals surface area contributed by atoms with Crippen molar-refractivity contribution in [2.24, 2.45) is 11.7 Å². The van der Waals surface area contributed by atoms with Gasteiger partial charge in [0.2, 0.25) is 17.1 Å². The first-order valence-electron chi connectivity index (χ1n) is 12.9. The lowest BCUT2D eigenvalue weighted by molar-refractivity contribution is -0.118. The zero-order chi connectivity index (χ0) is 27.3. The van der Waals surface area contributed by atoms with Crippen LogP contribution >= 0.6 is 0 Å². The molecule has 1 fully saturated rings. The number of likely N-dealkylation sites (tertiary alicyclic amines) is 1. The van der Waals surface area contributed by atoms with Crippen molar-refractivity contribution in [3.63, 3.8) is 0 Å². The van der Waals surface area contributed by atoms with Crippen LogP contribution in [-0.2, 0) is 17.9 Å². The number of carbonyl (C=O) groups excluding carboxylic acids is 1. The lowest BCUT2D eigenvalue weighted by Crippen LogP contribution is -2.46. The fraction of sp³-hybridized carbons (Fsp3) is 0.310. The van der Waals surface area contributed by atoms with E-state index in [0.717, 1.165) is 17.5 Å². The van der Waals surface area contributed by atoms with E-state index in [2.05, 4.69) is 9.88 Å². The van der Waals surface area contributed by atoms with Crippen molar-refractivity contribution in [2.75, 3.05) is 13.1 Å². The first-order chi connectivity index (χ1) is 18.8. The van der Waals surface area contributed by atoms with Gasteiger partial charge in [0.1, 0.15) is 5.76 Å². The van der Waals surface area contributed by atoms with Crippen molar-refractivity contribution in [1.82, 2.24) is 14.5 Å². The number of hydrogen-bond acceptors (Lipinski definition) is 7. The first kappa shape index (κ1) is 24.9. The van der Waals surface area contributed by atoms with E-state index < -0.39 is 28.6 Å². The third-order valence-electron chi connectivity index (χ3n) is 7.81. The number of aromatic amines is 1. The van der Waals surface area contributed by atoms with Crippen LogP contribution in [-0.4, -0.2) is 38.6 Å². The minimum absolute atomic E-state index is 0.00833. The molecule has 2 aliphatic heterocycles. The molecule has 0 aliphatic carbocycles. The Morgan fingerprint density at radius 1 is 1.08 bits per heavy atom. The van der Waals surface area contributed by atoms with Crippen molar-refractivity contribution >= 4 is 16.8 Å². The van der Waals surface area contributed by atoms with Crippen molar-refractivity contribution in [2.45, 2.75) is 37.8 Å². The van der Waals surface area contributed by atoms with Gasteiger partial charge in [-0.05, 0) is 35.9 Å². The average molecular weight is 529 g/mol. The molecule has 2 bridgehead atoms. The maximum Gasteiger partial charge on any atom is 0.252 e. The normalized spacial score (nSPS) is 19.5. The van der Waals surface area contributed by atoms with E-state index in [4.69, 9.17) is 10.2 Å². The number of para-hydroxylation sites is 1. The third-order valence-corrected chi connectivity index (χ3v) is 7.81. The van der Waals surface area contributed by atoms with Crippen LogP contribution in [0.1, 0.15) is 47.5 Å². The maximum atomic E-state index is 13.0. The number of primary amides is 1. The van der Waals surface area contributed by atoms with Crippen molar-refractivity contribution in [3.05, 3.63) is 108 Å². The second kappa shape index (κ2) is 9.70. The Kier molecular flexibility index (Phi) is 6.19. The highest BCUT2D eigenvalue weighted by Crippen LogP contribution is 2.36. The second-order valence-corrected chi connectivity index (χ2v) is 10.5. The van der Waals surface area contributed by atoms with Crippen LogP contribution in [0.5, 0.6) is 5.75 Å². The molecular formula is C29H28N4O6. The molecule has 4 aromatic rings. The molecule has 1 unspecified atom stereocenters. The Labute approximate surface area is 222 Å². The highest BCUT2D eigenvalue weighted by atomic mass is 16.4. The molecule has 0 spiro atoms. The number of amides is 1. The summed E-state index contributed by atoms with van der Waals surface area (Å²) in [6, 6.07) is 15.4. The zero-order valence-corrected chi connectivity index (χ0v) is 21.1. The van der Waals surface area contributed by atoms with Crippen LogP contribution < -0.4 is 22.3 Å². The Bertz CT molecular complexity index is 1770. The molecular weight excluding hydrogens is 500 g/mol. The number of piperidine rings is 1. The summed E-state index contributed by atoms with van der Waals surface area (Å²) < 4.78 is 7.93. The summed E-state index contributed by atoms with van der Waals surface area (Å²) in [6.45, 7) is 2.32. The fourth-order valence-corrected chi connectivity index (χ4v) is 6.18. The van der Waals surface area contributed by atoms with Gasteiger partial charge in [0.05, 0.1) is 12.5 Å². The monoisotopic (exact) mass is 528 g/mol. The number of nitrogens with one attached hydrogen (secondary N) is 1. The predicted octanol–water partition coefficient (Wildman–Crippen LogP) is 1.98. The number of nitrogens with zero attached hydrogens (tertiary/aromatic N) is 2. The van der Waals surface area contributed by atoms with Gasteiger partial charge in [0.15, 0.2) is 5.76 Å². The Morgan fingerprint density at radius 2 is 1.90 bits per heavy atom. The highest BCUT2D eigenvalue weighted by molar-refractivity contribution is 5.80. The number of fused-ring (bicyclic) bond motifs is 5. The van der Waals surface area contributed by atoms with Gasteiger partial charge < -0.3 is 24.8 Å². The van der Waals surface area contributed by atoms with E-state index in [-0.39, 0.29) is 35.1 Å². The topological polar surface area (TPSA) is 152 Å². The van der Waals surface area contributed by atoms with Crippen LogP contribution in [0.25, 0.3) is 10.9 Å². The van der Waals surface area contributed by atoms with E-state index in [1.54, 1.807) is 30.3 Å². The highest BCUT2D eigenvalue weighted by Gasteiger charge is 2.35. The Hall–Kier alpha value is -4.44. The molecule has 10 heteroatoms. The zero-order valence-electron chi connectivity index (χ0n) is 21.1. The van der Waals surface area contributed by atoms with Crippen molar-refractivity contribution in [1.29, 1.82) is 0 Å². The molecule has 1 amide bonds. The van der Waals surface area contributed by atoms with E-state index >= 15 is 0 Å². The summed E-state index contributed by atoms with van der Waals surface area (Å²) in [7, 11) is 0. The summed E-state index contributed by atoms with van der Waals surface area (Å²) in [4.78, 5) is 55.2. The first-order valence-corrected chi connectivity index (χ1v) is 12.9. The molecule has 6 rings (SSSR count). The molecule has 0 radical (unpaired) electrons. The van der Waals surface area contributed by atoms with E-state index in [0.29, 0.717) is 37.5 Å². The van der Waals surface area contributed by atoms with Crippen molar-refractivity contribution in [3.8, 4) is 5.75 Å². The number of hydrogen-bond donors (Lipinski definition) is 3. The van der Waals surface area contributed by atoms with Crippen LogP contribution in [0.4, 0.5) is 0 Å². The summed E-state index contributed by atoms with van der Waals surface area (Å²) in [5.74, 6) is -1.81. The summed E-state index contributed by atoms with van der Waals surface area (Å²) in [5.41, 5.74) is 6.19. The fourth-order valence-electron chi connectivity index (χ4n) is 6.18. The lowest BCUT2D eigenvalue weighted by atomic mass is 9.83. The van der Waals surface area contributed by atoms with E-state index in [9.17, 15) is 24.3 Å². The van der Waals surface area contributed by atoms with E-state index in [1.165, 1.54) is 6.07 Å². The van der Waals surface area contributed by atoms with Gasteiger partial charge in [-0.25, -0.2) is 0 Å². The van der Waals surface area contributed by atoms with Gasteiger partial charge in [-0.3, -0.25) is 24.1 Å². The predicted molar refractivity (Wildman–Crippen MR) is 144 cm³/mol. The van der Waals surface area contributed by atoms with Gasteiger partial charge in [-0.2, -0.15) is 0 Å². The quantitative estimate of drug-likeness (QED) is 0.346. The molecule has 2 aliphatic rings. The van der Waals surface area contributed by atoms with Gasteiger partial charge in [0.25, 0.3) is 11.1 Å². The SMILES string of the molecule is NC(=O)CC(c1oc(CN2C[C@H]3C[C@@H](C2)c2cccc(=O)n2C3)cc(=O)c1O)c1cc2ccccc2[nH]c1=O. The minimum atomic E-state index is -1.05. The molecule has 3 atom stereocenters. The van der Waals surface area contributed by atoms with Gasteiger partial charge in [-0.1, -0.05) is 24.3 Å². The largest absolute Gasteiger partial charge is 0.502 e. The summed E-state index contributed by atoms with van der Waals surface area (Å²) >= 11 is 0. The van der Waals surface area contributed by atoms with Crippen LogP contribution in [0, 0.1) is 5.92 Å². The minimum Gasteiger partial charge on any atom is -0.502 e. The number of nitrogens with two attached hydrogens (primary N) is 1. The summed E-state index contributed by atoms with van der Waals surface area (Å²) in [5, 5.41) is 11.4. The molecule has 200 valence electrons. The van der Waals surface area contributed by atoms with Crippen LogP contribution in [0.15, 0.2) is 73.4 Å². The average Bonchev–Trinajstić information content (AvgIpc) is 2.89. The number of rotatable bonds is 6. The van der Waals surface area contributed by atoms with Crippen LogP contribution in [0.2, 0.25) is 0 Å². The Balaban J connectivity index is 1.35. The Morgan fingerprint density at radius 3 is 2.72 bits per heavy atom. The van der Waals surface area contributed by atoms with Crippen LogP contribution in [0.3, 0.4) is 0 Å². The molecule has 10 nitrogen and oxygen atoms in total. The second-order valence-electron chi connectivity index (χ2n) is 10.5. The molecule has 39 heavy (non-hydrogen) atoms. The number of aromatic hydroxyl groups is 1. The van der Waals surface area contributed by atoms with Gasteiger partial charge >= 0.3 is 0 Å². The summed E-state index contributed by atoms with van der Waals surface area (Å²) in [6.07, 6.45) is 0.650. The van der Waals surface area contributed by atoms with Crippen molar-refractivity contribution < 1.29 is 14.3 Å². The standard InChI is InChI=1S/C29H28N4O6/c30-25(35)11-20(21-9-17-4-1-2-5-22(17)31-29(21)38)28-27(37)24(34)10-19(39-28)15-32-12-16-8-18(14-32)23-6-3-7-26(36)33(23)13-16/h1-7,9-10,16,18,20,37H,8,11-15H2,(H2,30,35)(H,31,38)/t16-,18+,20?/m1/s1.